The summed E-state index contributed by atoms with van der Waals surface area (Å²) in [6.45, 7) is 6.20. The lowest BCUT2D eigenvalue weighted by molar-refractivity contribution is 0.398. The first-order valence-corrected chi connectivity index (χ1v) is 9.27. The van der Waals surface area contributed by atoms with Crippen LogP contribution in [0.3, 0.4) is 0 Å². The van der Waals surface area contributed by atoms with E-state index in [4.69, 9.17) is 9.72 Å². The van der Waals surface area contributed by atoms with Gasteiger partial charge in [-0.05, 0) is 39.0 Å². The van der Waals surface area contributed by atoms with Crippen LogP contribution >= 0.6 is 11.3 Å². The molecule has 0 aliphatic rings. The van der Waals surface area contributed by atoms with Crippen LogP contribution in [-0.4, -0.2) is 26.5 Å². The smallest absolute Gasteiger partial charge is 0.212 e. The number of hydrogen-bond acceptors (Lipinski definition) is 5. The first kappa shape index (κ1) is 16.7. The van der Waals surface area contributed by atoms with Crippen molar-refractivity contribution in [2.45, 2.75) is 27.2 Å². The summed E-state index contributed by atoms with van der Waals surface area (Å²) < 4.78 is 7.33. The maximum absolute atomic E-state index is 5.15. The Morgan fingerprint density at radius 2 is 1.81 bits per heavy atom. The molecule has 0 N–H and O–H groups in total. The Kier molecular flexibility index (Phi) is 4.20. The summed E-state index contributed by atoms with van der Waals surface area (Å²) in [6, 6.07) is 8.04. The molecule has 4 aromatic heterocycles. The lowest BCUT2D eigenvalue weighted by atomic mass is 10.1. The van der Waals surface area contributed by atoms with Gasteiger partial charge in [-0.1, -0.05) is 0 Å². The summed E-state index contributed by atoms with van der Waals surface area (Å²) >= 11 is 1.76. The number of hydrogen-bond donors (Lipinski definition) is 0. The number of aromatic nitrogens is 4. The Labute approximate surface area is 156 Å². The van der Waals surface area contributed by atoms with Gasteiger partial charge in [0.2, 0.25) is 5.88 Å². The van der Waals surface area contributed by atoms with Crippen molar-refractivity contribution in [2.24, 2.45) is 0 Å². The maximum atomic E-state index is 5.15. The number of pyridine rings is 2. The second-order valence-corrected chi connectivity index (χ2v) is 7.59. The molecular formula is C20H20N4OS. The van der Waals surface area contributed by atoms with Gasteiger partial charge in [0, 0.05) is 40.9 Å². The van der Waals surface area contributed by atoms with Crippen LogP contribution in [0.25, 0.3) is 16.8 Å². The number of fused-ring (bicyclic) bond motifs is 1. The van der Waals surface area contributed by atoms with Gasteiger partial charge in [-0.3, -0.25) is 0 Å². The molecular weight excluding hydrogens is 344 g/mol. The fourth-order valence-corrected chi connectivity index (χ4v) is 4.10. The molecule has 0 atom stereocenters. The van der Waals surface area contributed by atoms with E-state index in [0.717, 1.165) is 39.6 Å². The summed E-state index contributed by atoms with van der Waals surface area (Å²) in [5, 5.41) is 1.11. The summed E-state index contributed by atoms with van der Waals surface area (Å²) in [5.41, 5.74) is 6.48. The van der Waals surface area contributed by atoms with Gasteiger partial charge in [-0.2, -0.15) is 0 Å². The van der Waals surface area contributed by atoms with Crippen molar-refractivity contribution in [1.29, 1.82) is 0 Å². The molecule has 0 aliphatic heterocycles. The standard InChI is InChI=1S/C20H20N4OS/c1-12-17(9-18-13(2)22-14(3)26-18)24-11-16(5-7-19(24)23-12)15-6-8-20(25-4)21-10-15/h5-8,10-11H,9H2,1-4H3. The van der Waals surface area contributed by atoms with Crippen LogP contribution in [0.15, 0.2) is 36.7 Å². The highest BCUT2D eigenvalue weighted by Gasteiger charge is 2.14. The van der Waals surface area contributed by atoms with Crippen LogP contribution in [0.4, 0.5) is 0 Å². The molecule has 0 saturated heterocycles. The first-order chi connectivity index (χ1) is 12.5. The molecule has 0 aliphatic carbocycles. The SMILES string of the molecule is COc1ccc(-c2ccc3nc(C)c(Cc4sc(C)nc4C)n3c2)cn1. The van der Waals surface area contributed by atoms with Crippen LogP contribution in [0.5, 0.6) is 5.88 Å². The van der Waals surface area contributed by atoms with E-state index >= 15 is 0 Å². The molecule has 0 bridgehead atoms. The Morgan fingerprint density at radius 1 is 1.00 bits per heavy atom. The number of thiazole rings is 1. The van der Waals surface area contributed by atoms with E-state index in [1.165, 1.54) is 10.6 Å². The molecule has 4 rings (SSSR count). The van der Waals surface area contributed by atoms with Gasteiger partial charge in [0.1, 0.15) is 5.65 Å². The fraction of sp³-hybridized carbons (Fsp3) is 0.250. The van der Waals surface area contributed by atoms with Crippen molar-refractivity contribution in [2.75, 3.05) is 7.11 Å². The normalized spacial score (nSPS) is 11.2. The Balaban J connectivity index is 1.78. The highest BCUT2D eigenvalue weighted by Crippen LogP contribution is 2.26. The van der Waals surface area contributed by atoms with Gasteiger partial charge in [0.05, 0.1) is 29.2 Å². The minimum absolute atomic E-state index is 0.616. The van der Waals surface area contributed by atoms with Crippen molar-refractivity contribution in [1.82, 2.24) is 19.4 Å². The van der Waals surface area contributed by atoms with Crippen LogP contribution in [-0.2, 0) is 6.42 Å². The lowest BCUT2D eigenvalue weighted by Gasteiger charge is -2.07. The van der Waals surface area contributed by atoms with Gasteiger partial charge in [-0.25, -0.2) is 15.0 Å². The molecule has 4 heterocycles. The molecule has 5 nitrogen and oxygen atoms in total. The minimum Gasteiger partial charge on any atom is -0.481 e. The zero-order valence-electron chi connectivity index (χ0n) is 15.3. The second-order valence-electron chi connectivity index (χ2n) is 6.30. The minimum atomic E-state index is 0.616. The summed E-state index contributed by atoms with van der Waals surface area (Å²) in [5.74, 6) is 0.616. The molecule has 6 heteroatoms. The quantitative estimate of drug-likeness (QED) is 0.539. The number of nitrogens with zero attached hydrogens (tertiary/aromatic N) is 4. The second kappa shape index (κ2) is 6.53. The number of methoxy groups -OCH3 is 1. The molecule has 0 unspecified atom stereocenters. The van der Waals surface area contributed by atoms with Crippen molar-refractivity contribution in [3.63, 3.8) is 0 Å². The maximum Gasteiger partial charge on any atom is 0.212 e. The van der Waals surface area contributed by atoms with Crippen LogP contribution in [0.2, 0.25) is 0 Å². The molecule has 26 heavy (non-hydrogen) atoms. The average Bonchev–Trinajstić information content (AvgIpc) is 3.13. The highest BCUT2D eigenvalue weighted by atomic mass is 32.1. The third-order valence-electron chi connectivity index (χ3n) is 4.52. The zero-order valence-corrected chi connectivity index (χ0v) is 16.1. The number of ether oxygens (including phenoxy) is 1. The molecule has 0 radical (unpaired) electrons. The van der Waals surface area contributed by atoms with Crippen molar-refractivity contribution in [3.8, 4) is 17.0 Å². The fourth-order valence-electron chi connectivity index (χ4n) is 3.16. The van der Waals surface area contributed by atoms with E-state index < -0.39 is 0 Å². The van der Waals surface area contributed by atoms with E-state index in [1.54, 1.807) is 18.4 Å². The summed E-state index contributed by atoms with van der Waals surface area (Å²) in [7, 11) is 1.62. The third-order valence-corrected chi connectivity index (χ3v) is 5.60. The Morgan fingerprint density at radius 3 is 2.46 bits per heavy atom. The van der Waals surface area contributed by atoms with Crippen molar-refractivity contribution < 1.29 is 4.74 Å². The largest absolute Gasteiger partial charge is 0.481 e. The molecule has 0 spiro atoms. The van der Waals surface area contributed by atoms with Crippen LogP contribution in [0.1, 0.15) is 27.0 Å². The molecule has 0 saturated carbocycles. The lowest BCUT2D eigenvalue weighted by Crippen LogP contribution is -1.97. The number of imidazole rings is 1. The topological polar surface area (TPSA) is 52.3 Å². The van der Waals surface area contributed by atoms with Crippen molar-refractivity contribution in [3.05, 3.63) is 63.6 Å². The number of rotatable bonds is 4. The van der Waals surface area contributed by atoms with E-state index in [9.17, 15) is 0 Å². The predicted octanol–water partition coefficient (Wildman–Crippen LogP) is 4.38. The van der Waals surface area contributed by atoms with E-state index in [-0.39, 0.29) is 0 Å². The molecule has 0 amide bonds. The first-order valence-electron chi connectivity index (χ1n) is 8.46. The van der Waals surface area contributed by atoms with E-state index in [0.29, 0.717) is 5.88 Å². The molecule has 0 aromatic carbocycles. The molecule has 4 aromatic rings. The van der Waals surface area contributed by atoms with Gasteiger partial charge in [-0.15, -0.1) is 11.3 Å². The van der Waals surface area contributed by atoms with Crippen molar-refractivity contribution >= 4 is 17.0 Å². The zero-order chi connectivity index (χ0) is 18.3. The monoisotopic (exact) mass is 364 g/mol. The highest BCUT2D eigenvalue weighted by molar-refractivity contribution is 7.11. The van der Waals surface area contributed by atoms with Gasteiger partial charge in [0.25, 0.3) is 0 Å². The predicted molar refractivity (Wildman–Crippen MR) is 104 cm³/mol. The van der Waals surface area contributed by atoms with Crippen LogP contribution in [0, 0.1) is 20.8 Å². The van der Waals surface area contributed by atoms with Gasteiger partial charge < -0.3 is 9.14 Å². The molecule has 0 fully saturated rings. The van der Waals surface area contributed by atoms with Gasteiger partial charge >= 0.3 is 0 Å². The van der Waals surface area contributed by atoms with E-state index in [2.05, 4.69) is 53.5 Å². The third kappa shape index (κ3) is 2.97. The summed E-state index contributed by atoms with van der Waals surface area (Å²) in [6.07, 6.45) is 4.81. The Hall–Kier alpha value is -2.73. The van der Waals surface area contributed by atoms with E-state index in [1.807, 2.05) is 18.3 Å². The average molecular weight is 364 g/mol. The summed E-state index contributed by atoms with van der Waals surface area (Å²) in [4.78, 5) is 14.9. The Bertz CT molecular complexity index is 1080. The number of aryl methyl sites for hydroxylation is 3. The van der Waals surface area contributed by atoms with Crippen LogP contribution < -0.4 is 4.74 Å². The van der Waals surface area contributed by atoms with Gasteiger partial charge in [0.15, 0.2) is 0 Å². The molecule has 132 valence electrons.